The van der Waals surface area contributed by atoms with Crippen LogP contribution in [0.5, 0.6) is 0 Å². The van der Waals surface area contributed by atoms with E-state index in [1.54, 1.807) is 18.3 Å². The first kappa shape index (κ1) is 25.2. The summed E-state index contributed by atoms with van der Waals surface area (Å²) in [6.45, 7) is 8.14. The van der Waals surface area contributed by atoms with Crippen LogP contribution in [0.4, 0.5) is 4.79 Å². The van der Waals surface area contributed by atoms with Gasteiger partial charge in [-0.25, -0.2) is 9.78 Å². The third-order valence-corrected chi connectivity index (χ3v) is 6.54. The number of ether oxygens (including phenoxy) is 1. The minimum Gasteiger partial charge on any atom is -0.422 e. The molecule has 1 aliphatic rings. The highest BCUT2D eigenvalue weighted by molar-refractivity contribution is 9.10. The van der Waals surface area contributed by atoms with E-state index in [4.69, 9.17) is 4.74 Å². The lowest BCUT2D eigenvalue weighted by molar-refractivity contribution is -0.116. The maximum Gasteiger partial charge on any atom is 0.372 e. The van der Waals surface area contributed by atoms with Gasteiger partial charge in [0.05, 0.1) is 5.57 Å². The number of carbonyl (C=O) groups is 3. The van der Waals surface area contributed by atoms with Gasteiger partial charge >= 0.3 is 5.30 Å². The Hall–Kier alpha value is -2.45. The summed E-state index contributed by atoms with van der Waals surface area (Å²) in [7, 11) is 0. The number of hydrogen-bond acceptors (Lipinski definition) is 6. The van der Waals surface area contributed by atoms with Crippen molar-refractivity contribution in [3.8, 4) is 0 Å². The largest absolute Gasteiger partial charge is 0.422 e. The predicted molar refractivity (Wildman–Crippen MR) is 134 cm³/mol. The molecule has 0 spiro atoms. The van der Waals surface area contributed by atoms with Gasteiger partial charge in [0.1, 0.15) is 11.5 Å². The Balaban J connectivity index is 1.77. The maximum absolute atomic E-state index is 13.4. The maximum atomic E-state index is 13.4. The predicted octanol–water partition coefficient (Wildman–Crippen LogP) is 5.78. The number of thioether (sulfide) groups is 1. The van der Waals surface area contributed by atoms with Gasteiger partial charge in [-0.1, -0.05) is 24.6 Å². The zero-order chi connectivity index (χ0) is 24.1. The molecule has 1 N–H and O–H groups in total. The lowest BCUT2D eigenvalue weighted by Crippen LogP contribution is -2.27. The van der Waals surface area contributed by atoms with Crippen LogP contribution in [-0.4, -0.2) is 34.3 Å². The number of nitrogens with one attached hydrogen (secondary N) is 1. The Morgan fingerprint density at radius 1 is 1.21 bits per heavy atom. The van der Waals surface area contributed by atoms with Crippen molar-refractivity contribution in [1.82, 2.24) is 10.3 Å². The van der Waals surface area contributed by atoms with Gasteiger partial charge in [-0.3, -0.25) is 9.59 Å². The van der Waals surface area contributed by atoms with Crippen LogP contribution in [0.1, 0.15) is 52.5 Å². The number of Topliss-reactive ketones (excluding diaryl/α,β-unsaturated/α-hetero) is 1. The highest BCUT2D eigenvalue weighted by atomic mass is 79.9. The molecule has 0 fully saturated rings. The first-order valence-electron chi connectivity index (χ1n) is 10.8. The third-order valence-electron chi connectivity index (χ3n) is 5.46. The van der Waals surface area contributed by atoms with Crippen LogP contribution in [0.2, 0.25) is 0 Å². The highest BCUT2D eigenvalue weighted by Gasteiger charge is 2.37. The molecule has 8 heteroatoms. The van der Waals surface area contributed by atoms with E-state index in [0.29, 0.717) is 42.2 Å². The number of aromatic nitrogens is 1. The second-order valence-electron chi connectivity index (χ2n) is 8.03. The normalized spacial score (nSPS) is 15.7. The number of hydrogen-bond donors (Lipinski definition) is 1. The minimum absolute atomic E-state index is 0.0506. The number of aryl methyl sites for hydroxylation is 3. The lowest BCUT2D eigenvalue weighted by atomic mass is 9.90. The second kappa shape index (κ2) is 11.1. The van der Waals surface area contributed by atoms with Crippen LogP contribution in [0.15, 0.2) is 40.7 Å². The van der Waals surface area contributed by atoms with E-state index in [1.165, 1.54) is 0 Å². The summed E-state index contributed by atoms with van der Waals surface area (Å²) in [5.74, 6) is 0.305. The van der Waals surface area contributed by atoms with Crippen molar-refractivity contribution in [1.29, 1.82) is 0 Å². The average Bonchev–Trinajstić information content (AvgIpc) is 3.03. The minimum atomic E-state index is -0.407. The van der Waals surface area contributed by atoms with Crippen LogP contribution in [0, 0.1) is 26.7 Å². The summed E-state index contributed by atoms with van der Waals surface area (Å²) >= 11 is 4.37. The number of benzene rings is 1. The van der Waals surface area contributed by atoms with E-state index >= 15 is 0 Å². The van der Waals surface area contributed by atoms with Gasteiger partial charge in [0.2, 0.25) is 0 Å². The first-order chi connectivity index (χ1) is 15.7. The van der Waals surface area contributed by atoms with Crippen molar-refractivity contribution in [3.63, 3.8) is 0 Å². The Morgan fingerprint density at radius 3 is 2.52 bits per heavy atom. The summed E-state index contributed by atoms with van der Waals surface area (Å²) in [4.78, 5) is 42.1. The standard InChI is InChI=1S/C25H27BrN2O4S/c1-5-33-25(31)32-20-12-17(8-9-27-24(30)19-7-6-18(26)13-28-19)23(29)22(20)21-15(3)10-14(2)11-16(21)4/h6-7,10-11,13,17H,5,8-9,12H2,1-4H3,(H,27,30). The molecule has 33 heavy (non-hydrogen) atoms. The highest BCUT2D eigenvalue weighted by Crippen LogP contribution is 2.40. The van der Waals surface area contributed by atoms with E-state index in [1.807, 2.05) is 39.8 Å². The zero-order valence-electron chi connectivity index (χ0n) is 19.2. The molecular formula is C25H27BrN2O4S. The molecule has 1 unspecified atom stereocenters. The van der Waals surface area contributed by atoms with E-state index in [2.05, 4.69) is 26.2 Å². The monoisotopic (exact) mass is 530 g/mol. The third kappa shape index (κ3) is 6.12. The number of carbonyl (C=O) groups excluding carboxylic acids is 3. The molecule has 1 heterocycles. The zero-order valence-corrected chi connectivity index (χ0v) is 21.6. The van der Waals surface area contributed by atoms with E-state index in [-0.39, 0.29) is 17.6 Å². The second-order valence-corrected chi connectivity index (χ2v) is 10.1. The number of ketones is 1. The smallest absolute Gasteiger partial charge is 0.372 e. The van der Waals surface area contributed by atoms with Crippen molar-refractivity contribution < 1.29 is 19.1 Å². The molecule has 1 aromatic carbocycles. The molecule has 1 atom stereocenters. The van der Waals surface area contributed by atoms with E-state index < -0.39 is 5.30 Å². The molecule has 1 aliphatic carbocycles. The number of halogens is 1. The van der Waals surface area contributed by atoms with Gasteiger partial charge < -0.3 is 10.1 Å². The molecule has 1 amide bonds. The van der Waals surface area contributed by atoms with Crippen LogP contribution < -0.4 is 5.32 Å². The van der Waals surface area contributed by atoms with Gasteiger partial charge in [0.25, 0.3) is 5.91 Å². The summed E-state index contributed by atoms with van der Waals surface area (Å²) in [6, 6.07) is 7.44. The Morgan fingerprint density at radius 2 is 1.91 bits per heavy atom. The SMILES string of the molecule is CCSC(=O)OC1=C(c2c(C)cc(C)cc2C)C(=O)C(CCNC(=O)c2ccc(Br)cn2)C1. The van der Waals surface area contributed by atoms with Crippen molar-refractivity contribution >= 4 is 50.3 Å². The van der Waals surface area contributed by atoms with Gasteiger partial charge in [0, 0.05) is 35.3 Å². The van der Waals surface area contributed by atoms with Gasteiger partial charge in [-0.05, 0) is 83.7 Å². The topological polar surface area (TPSA) is 85.4 Å². The summed E-state index contributed by atoms with van der Waals surface area (Å²) < 4.78 is 6.44. The molecule has 1 aromatic heterocycles. The fourth-order valence-electron chi connectivity index (χ4n) is 4.13. The molecule has 174 valence electrons. The number of amides is 1. The molecule has 0 saturated carbocycles. The Kier molecular flexibility index (Phi) is 8.48. The molecule has 2 aromatic rings. The van der Waals surface area contributed by atoms with E-state index in [0.717, 1.165) is 38.5 Å². The molecule has 0 bridgehead atoms. The fourth-order valence-corrected chi connectivity index (χ4v) is 4.76. The van der Waals surface area contributed by atoms with Crippen LogP contribution in [-0.2, 0) is 9.53 Å². The van der Waals surface area contributed by atoms with Crippen LogP contribution in [0.25, 0.3) is 5.57 Å². The number of allylic oxidation sites excluding steroid dienone is 2. The summed E-state index contributed by atoms with van der Waals surface area (Å²) in [5, 5.41) is 2.42. The van der Waals surface area contributed by atoms with Gasteiger partial charge in [-0.15, -0.1) is 0 Å². The van der Waals surface area contributed by atoms with Crippen molar-refractivity contribution in [2.24, 2.45) is 5.92 Å². The Bertz CT molecular complexity index is 1090. The van der Waals surface area contributed by atoms with Crippen molar-refractivity contribution in [2.75, 3.05) is 12.3 Å². The van der Waals surface area contributed by atoms with Crippen molar-refractivity contribution in [2.45, 2.75) is 40.5 Å². The molecule has 6 nitrogen and oxygen atoms in total. The quantitative estimate of drug-likeness (QED) is 0.456. The summed E-state index contributed by atoms with van der Waals surface area (Å²) in [6.07, 6.45) is 2.34. The Labute approximate surface area is 206 Å². The molecule has 0 radical (unpaired) electrons. The molecule has 3 rings (SSSR count). The van der Waals surface area contributed by atoms with Gasteiger partial charge in [0.15, 0.2) is 5.78 Å². The molecule has 0 saturated heterocycles. The van der Waals surface area contributed by atoms with Gasteiger partial charge in [-0.2, -0.15) is 0 Å². The van der Waals surface area contributed by atoms with E-state index in [9.17, 15) is 14.4 Å². The average molecular weight is 531 g/mol. The van der Waals surface area contributed by atoms with Crippen LogP contribution >= 0.6 is 27.7 Å². The first-order valence-corrected chi connectivity index (χ1v) is 12.6. The lowest BCUT2D eigenvalue weighted by Gasteiger charge is -2.14. The number of pyridine rings is 1. The molecular weight excluding hydrogens is 504 g/mol. The fraction of sp³-hybridized carbons (Fsp3) is 0.360. The number of rotatable bonds is 7. The summed E-state index contributed by atoms with van der Waals surface area (Å²) in [5.41, 5.74) is 4.69. The van der Waals surface area contributed by atoms with Crippen molar-refractivity contribution in [3.05, 3.63) is 68.6 Å². The number of nitrogens with zero attached hydrogens (tertiary/aromatic N) is 1. The van der Waals surface area contributed by atoms with Crippen LogP contribution in [0.3, 0.4) is 0 Å². The molecule has 0 aliphatic heterocycles.